The molecule has 2 heteroatoms. The SMILES string of the molecule is CCCCCc1cccnc1.N. The standard InChI is InChI=1S/C10H15N.H3N/c1-2-3-4-6-10-7-5-8-11-9-10;/h5,7-9H,2-4,6H2,1H3;1H3. The number of rotatable bonds is 4. The predicted molar refractivity (Wildman–Crippen MR) is 52.5 cm³/mol. The van der Waals surface area contributed by atoms with Crippen LogP contribution in [0.2, 0.25) is 0 Å². The molecule has 0 saturated heterocycles. The van der Waals surface area contributed by atoms with Crippen LogP contribution < -0.4 is 6.15 Å². The molecule has 0 aliphatic carbocycles. The molecule has 0 fully saturated rings. The lowest BCUT2D eigenvalue weighted by Gasteiger charge is -1.97. The molecule has 1 heterocycles. The Kier molecular flexibility index (Phi) is 6.29. The van der Waals surface area contributed by atoms with Crippen molar-refractivity contribution in [1.82, 2.24) is 11.1 Å². The fourth-order valence-electron chi connectivity index (χ4n) is 1.13. The number of hydrogen-bond donors (Lipinski definition) is 1. The highest BCUT2D eigenvalue weighted by Gasteiger charge is 1.90. The highest BCUT2D eigenvalue weighted by atomic mass is 14.6. The Balaban J connectivity index is 0.00000121. The summed E-state index contributed by atoms with van der Waals surface area (Å²) in [6.45, 7) is 2.23. The Hall–Kier alpha value is -0.890. The largest absolute Gasteiger partial charge is 0.344 e. The van der Waals surface area contributed by atoms with Crippen LogP contribution in [0, 0.1) is 0 Å². The maximum Gasteiger partial charge on any atom is 0.0299 e. The van der Waals surface area contributed by atoms with Crippen LogP contribution >= 0.6 is 0 Å². The van der Waals surface area contributed by atoms with Crippen molar-refractivity contribution in [3.8, 4) is 0 Å². The highest BCUT2D eigenvalue weighted by Crippen LogP contribution is 2.03. The van der Waals surface area contributed by atoms with Crippen molar-refractivity contribution >= 4 is 0 Å². The maximum atomic E-state index is 4.06. The van der Waals surface area contributed by atoms with Crippen molar-refractivity contribution in [2.24, 2.45) is 0 Å². The van der Waals surface area contributed by atoms with E-state index in [-0.39, 0.29) is 6.15 Å². The lowest BCUT2D eigenvalue weighted by atomic mass is 10.1. The van der Waals surface area contributed by atoms with Gasteiger partial charge in [0.2, 0.25) is 0 Å². The zero-order valence-corrected chi connectivity index (χ0v) is 7.79. The van der Waals surface area contributed by atoms with Gasteiger partial charge in [0.05, 0.1) is 0 Å². The van der Waals surface area contributed by atoms with Gasteiger partial charge in [-0.3, -0.25) is 4.98 Å². The fraction of sp³-hybridized carbons (Fsp3) is 0.500. The summed E-state index contributed by atoms with van der Waals surface area (Å²) in [5, 5.41) is 0. The summed E-state index contributed by atoms with van der Waals surface area (Å²) in [4.78, 5) is 4.06. The Morgan fingerprint density at radius 2 is 2.17 bits per heavy atom. The summed E-state index contributed by atoms with van der Waals surface area (Å²) >= 11 is 0. The average molecular weight is 166 g/mol. The van der Waals surface area contributed by atoms with E-state index < -0.39 is 0 Å². The zero-order valence-electron chi connectivity index (χ0n) is 7.79. The van der Waals surface area contributed by atoms with E-state index in [2.05, 4.69) is 18.0 Å². The molecule has 1 aromatic heterocycles. The number of aromatic nitrogens is 1. The average Bonchev–Trinajstić information content (AvgIpc) is 2.07. The van der Waals surface area contributed by atoms with Gasteiger partial charge in [0.15, 0.2) is 0 Å². The van der Waals surface area contributed by atoms with Crippen LogP contribution in [0.1, 0.15) is 31.7 Å². The lowest BCUT2D eigenvalue weighted by Crippen LogP contribution is -1.85. The number of nitrogens with zero attached hydrogens (tertiary/aromatic N) is 1. The topological polar surface area (TPSA) is 47.9 Å². The predicted octanol–water partition coefficient (Wildman–Crippen LogP) is 2.98. The molecule has 12 heavy (non-hydrogen) atoms. The van der Waals surface area contributed by atoms with Crippen LogP contribution in [0.25, 0.3) is 0 Å². The van der Waals surface area contributed by atoms with Gasteiger partial charge in [-0.15, -0.1) is 0 Å². The molecule has 0 aliphatic heterocycles. The summed E-state index contributed by atoms with van der Waals surface area (Å²) in [5.41, 5.74) is 1.36. The molecule has 0 aliphatic rings. The summed E-state index contributed by atoms with van der Waals surface area (Å²) in [6.07, 6.45) is 8.87. The minimum absolute atomic E-state index is 0. The van der Waals surface area contributed by atoms with Gasteiger partial charge in [0.1, 0.15) is 0 Å². The van der Waals surface area contributed by atoms with Crippen LogP contribution in [0.4, 0.5) is 0 Å². The van der Waals surface area contributed by atoms with Gasteiger partial charge < -0.3 is 6.15 Å². The van der Waals surface area contributed by atoms with Gasteiger partial charge in [-0.2, -0.15) is 0 Å². The van der Waals surface area contributed by atoms with E-state index in [1.54, 1.807) is 0 Å². The molecule has 0 bridgehead atoms. The van der Waals surface area contributed by atoms with Crippen LogP contribution in [-0.4, -0.2) is 4.98 Å². The van der Waals surface area contributed by atoms with Crippen LogP contribution in [0.15, 0.2) is 24.5 Å². The Morgan fingerprint density at radius 3 is 2.75 bits per heavy atom. The molecule has 0 saturated carbocycles. The molecule has 0 radical (unpaired) electrons. The molecular weight excluding hydrogens is 148 g/mol. The third-order valence-electron chi connectivity index (χ3n) is 1.79. The second-order valence-electron chi connectivity index (χ2n) is 2.82. The highest BCUT2D eigenvalue weighted by molar-refractivity contribution is 5.08. The summed E-state index contributed by atoms with van der Waals surface area (Å²) in [5.74, 6) is 0. The normalized spacial score (nSPS) is 9.08. The summed E-state index contributed by atoms with van der Waals surface area (Å²) in [7, 11) is 0. The maximum absolute atomic E-state index is 4.06. The Bertz CT molecular complexity index is 184. The number of aryl methyl sites for hydroxylation is 1. The third-order valence-corrected chi connectivity index (χ3v) is 1.79. The van der Waals surface area contributed by atoms with Crippen molar-refractivity contribution in [3.63, 3.8) is 0 Å². The van der Waals surface area contributed by atoms with Gasteiger partial charge in [-0.05, 0) is 24.5 Å². The molecule has 68 valence electrons. The summed E-state index contributed by atoms with van der Waals surface area (Å²) < 4.78 is 0. The quantitative estimate of drug-likeness (QED) is 0.699. The number of pyridine rings is 1. The van der Waals surface area contributed by atoms with E-state index >= 15 is 0 Å². The van der Waals surface area contributed by atoms with Gasteiger partial charge in [-0.1, -0.05) is 25.8 Å². The smallest absolute Gasteiger partial charge is 0.0299 e. The minimum atomic E-state index is 0. The van der Waals surface area contributed by atoms with E-state index in [9.17, 15) is 0 Å². The fourth-order valence-corrected chi connectivity index (χ4v) is 1.13. The molecule has 1 rings (SSSR count). The van der Waals surface area contributed by atoms with Crippen LogP contribution in [0.3, 0.4) is 0 Å². The van der Waals surface area contributed by atoms with E-state index in [1.807, 2.05) is 18.5 Å². The van der Waals surface area contributed by atoms with Gasteiger partial charge >= 0.3 is 0 Å². The minimum Gasteiger partial charge on any atom is -0.344 e. The van der Waals surface area contributed by atoms with Gasteiger partial charge in [0, 0.05) is 12.4 Å². The van der Waals surface area contributed by atoms with Crippen molar-refractivity contribution in [3.05, 3.63) is 30.1 Å². The van der Waals surface area contributed by atoms with Crippen molar-refractivity contribution < 1.29 is 0 Å². The van der Waals surface area contributed by atoms with Gasteiger partial charge in [0.25, 0.3) is 0 Å². The van der Waals surface area contributed by atoms with E-state index in [4.69, 9.17) is 0 Å². The molecule has 0 spiro atoms. The molecule has 0 unspecified atom stereocenters. The molecule has 1 aromatic rings. The van der Waals surface area contributed by atoms with Crippen molar-refractivity contribution in [2.75, 3.05) is 0 Å². The monoisotopic (exact) mass is 166 g/mol. The first kappa shape index (κ1) is 11.1. The molecule has 3 N–H and O–H groups in total. The van der Waals surface area contributed by atoms with E-state index in [0.29, 0.717) is 0 Å². The first-order valence-electron chi connectivity index (χ1n) is 4.32. The second-order valence-corrected chi connectivity index (χ2v) is 2.82. The first-order chi connectivity index (χ1) is 5.43. The second kappa shape index (κ2) is 6.80. The Morgan fingerprint density at radius 1 is 1.33 bits per heavy atom. The van der Waals surface area contributed by atoms with Crippen LogP contribution in [0.5, 0.6) is 0 Å². The van der Waals surface area contributed by atoms with E-state index in [0.717, 1.165) is 0 Å². The summed E-state index contributed by atoms with van der Waals surface area (Å²) in [6, 6.07) is 4.14. The first-order valence-corrected chi connectivity index (χ1v) is 4.32. The van der Waals surface area contributed by atoms with Crippen molar-refractivity contribution in [2.45, 2.75) is 32.6 Å². The molecule has 0 aromatic carbocycles. The number of hydrogen-bond acceptors (Lipinski definition) is 2. The molecule has 2 nitrogen and oxygen atoms in total. The van der Waals surface area contributed by atoms with Crippen molar-refractivity contribution in [1.29, 1.82) is 0 Å². The molecular formula is C10H18N2. The molecule has 0 atom stereocenters. The molecule has 0 amide bonds. The van der Waals surface area contributed by atoms with Gasteiger partial charge in [-0.25, -0.2) is 0 Å². The van der Waals surface area contributed by atoms with E-state index in [1.165, 1.54) is 31.2 Å². The number of unbranched alkanes of at least 4 members (excludes halogenated alkanes) is 2. The third kappa shape index (κ3) is 4.09. The van der Waals surface area contributed by atoms with Crippen LogP contribution in [-0.2, 0) is 6.42 Å². The Labute approximate surface area is 74.6 Å². The zero-order chi connectivity index (χ0) is 7.94. The lowest BCUT2D eigenvalue weighted by molar-refractivity contribution is 0.716.